The molecule has 1 aliphatic carbocycles. The van der Waals surface area contributed by atoms with Crippen molar-refractivity contribution in [1.82, 2.24) is 4.72 Å². The second-order valence-corrected chi connectivity index (χ2v) is 9.50. The molecule has 0 bridgehead atoms. The highest BCUT2D eigenvalue weighted by atomic mass is 32.2. The number of rotatable bonds is 10. The number of sulfonamides is 1. The molecule has 1 fully saturated rings. The second-order valence-electron chi connectivity index (χ2n) is 7.57. The summed E-state index contributed by atoms with van der Waals surface area (Å²) in [7, 11) is -3.29. The average Bonchev–Trinajstić information content (AvgIpc) is 3.28. The average molecular weight is 356 g/mol. The normalized spacial score (nSPS) is 15.5. The Kier molecular flexibility index (Phi) is 6.66. The minimum absolute atomic E-state index is 0.0788. The smallest absolute Gasteiger partial charge is 0.211 e. The van der Waals surface area contributed by atoms with Crippen LogP contribution in [0.1, 0.15) is 45.6 Å². The lowest BCUT2D eigenvalue weighted by Crippen LogP contribution is -2.26. The van der Waals surface area contributed by atoms with E-state index in [1.807, 2.05) is 24.3 Å². The zero-order valence-corrected chi connectivity index (χ0v) is 15.7. The summed E-state index contributed by atoms with van der Waals surface area (Å²) in [5.74, 6) is 0.889. The molecule has 1 N–H and O–H groups in total. The summed E-state index contributed by atoms with van der Waals surface area (Å²) in [6, 6.07) is 7.59. The van der Waals surface area contributed by atoms with E-state index in [2.05, 4.69) is 25.5 Å². The van der Waals surface area contributed by atoms with Gasteiger partial charge in [-0.05, 0) is 42.4 Å². The number of benzene rings is 1. The van der Waals surface area contributed by atoms with Gasteiger partial charge in [0, 0.05) is 13.2 Å². The van der Waals surface area contributed by atoms with Gasteiger partial charge in [0.15, 0.2) is 0 Å². The molecule has 6 heteroatoms. The van der Waals surface area contributed by atoms with Gasteiger partial charge in [-0.15, -0.1) is 0 Å². The van der Waals surface area contributed by atoms with Crippen molar-refractivity contribution >= 4 is 10.0 Å². The fraction of sp³-hybridized carbons (Fsp3) is 0.667. The maximum Gasteiger partial charge on any atom is 0.211 e. The van der Waals surface area contributed by atoms with Crippen LogP contribution in [0.5, 0.6) is 5.75 Å². The van der Waals surface area contributed by atoms with E-state index >= 15 is 0 Å². The first-order valence-electron chi connectivity index (χ1n) is 8.54. The molecular weight excluding hydrogens is 326 g/mol. The van der Waals surface area contributed by atoms with E-state index in [0.29, 0.717) is 25.7 Å². The van der Waals surface area contributed by atoms with Gasteiger partial charge in [-0.3, -0.25) is 0 Å². The van der Waals surface area contributed by atoms with Crippen LogP contribution in [0.3, 0.4) is 0 Å². The topological polar surface area (TPSA) is 64.6 Å². The largest absolute Gasteiger partial charge is 0.490 e. The zero-order chi connectivity index (χ0) is 17.6. The molecule has 0 saturated heterocycles. The summed E-state index contributed by atoms with van der Waals surface area (Å²) in [6.45, 7) is 7.65. The number of hydrogen-bond acceptors (Lipinski definition) is 4. The van der Waals surface area contributed by atoms with Gasteiger partial charge in [0.25, 0.3) is 0 Å². The van der Waals surface area contributed by atoms with E-state index in [0.717, 1.165) is 24.2 Å². The predicted octanol–water partition coefficient (Wildman–Crippen LogP) is 3.10. The van der Waals surface area contributed by atoms with Crippen molar-refractivity contribution in [3.63, 3.8) is 0 Å². The van der Waals surface area contributed by atoms with Crippen molar-refractivity contribution in [2.45, 2.75) is 52.7 Å². The van der Waals surface area contributed by atoms with Crippen LogP contribution in [0.25, 0.3) is 0 Å². The van der Waals surface area contributed by atoms with Gasteiger partial charge in [-0.1, -0.05) is 32.9 Å². The molecular formula is C18H29NO4S. The Morgan fingerprint density at radius 1 is 1.25 bits per heavy atom. The van der Waals surface area contributed by atoms with Crippen molar-refractivity contribution < 1.29 is 17.9 Å². The highest BCUT2D eigenvalue weighted by Gasteiger charge is 2.23. The van der Waals surface area contributed by atoms with Crippen molar-refractivity contribution in [3.8, 4) is 5.75 Å². The molecule has 136 valence electrons. The Labute approximate surface area is 145 Å². The Balaban J connectivity index is 1.69. The summed E-state index contributed by atoms with van der Waals surface area (Å²) in [5.41, 5.74) is 1.01. The van der Waals surface area contributed by atoms with E-state index in [4.69, 9.17) is 9.47 Å². The van der Waals surface area contributed by atoms with Gasteiger partial charge in [-0.2, -0.15) is 0 Å². The van der Waals surface area contributed by atoms with Crippen LogP contribution in [-0.2, 0) is 21.3 Å². The van der Waals surface area contributed by atoms with Gasteiger partial charge < -0.3 is 9.47 Å². The van der Waals surface area contributed by atoms with Crippen molar-refractivity contribution in [2.24, 2.45) is 5.41 Å². The summed E-state index contributed by atoms with van der Waals surface area (Å²) in [6.07, 6.45) is 3.04. The summed E-state index contributed by atoms with van der Waals surface area (Å²) >= 11 is 0. The number of nitrogens with one attached hydrogen (secondary N) is 1. The Morgan fingerprint density at radius 3 is 2.67 bits per heavy atom. The molecule has 0 spiro atoms. The molecule has 1 aromatic rings. The van der Waals surface area contributed by atoms with Crippen molar-refractivity contribution in [1.29, 1.82) is 0 Å². The standard InChI is InChI=1S/C18H29NO4S/c1-18(2,3)14-22-10-5-11-24(20,21)19-13-15-6-4-7-17(12-15)23-16-8-9-16/h4,6-7,12,16,19H,5,8-11,13-14H2,1-3H3. The lowest BCUT2D eigenvalue weighted by molar-refractivity contribution is 0.0720. The van der Waals surface area contributed by atoms with Crippen LogP contribution in [0.4, 0.5) is 0 Å². The third kappa shape index (κ3) is 8.13. The molecule has 0 unspecified atom stereocenters. The van der Waals surface area contributed by atoms with Crippen LogP contribution < -0.4 is 9.46 Å². The van der Waals surface area contributed by atoms with Crippen LogP contribution in [0.2, 0.25) is 0 Å². The molecule has 1 saturated carbocycles. The lowest BCUT2D eigenvalue weighted by Gasteiger charge is -2.17. The summed E-state index contributed by atoms with van der Waals surface area (Å²) in [5, 5.41) is 0. The number of hydrogen-bond donors (Lipinski definition) is 1. The van der Waals surface area contributed by atoms with Crippen molar-refractivity contribution in [3.05, 3.63) is 29.8 Å². The molecule has 0 atom stereocenters. The molecule has 1 aliphatic rings. The Morgan fingerprint density at radius 2 is 2.00 bits per heavy atom. The Hall–Kier alpha value is -1.11. The zero-order valence-electron chi connectivity index (χ0n) is 14.9. The molecule has 1 aromatic carbocycles. The van der Waals surface area contributed by atoms with Gasteiger partial charge in [0.1, 0.15) is 5.75 Å². The highest BCUT2D eigenvalue weighted by Crippen LogP contribution is 2.27. The summed E-state index contributed by atoms with van der Waals surface area (Å²) in [4.78, 5) is 0. The minimum Gasteiger partial charge on any atom is -0.490 e. The summed E-state index contributed by atoms with van der Waals surface area (Å²) < 4.78 is 37.9. The lowest BCUT2D eigenvalue weighted by atomic mass is 9.99. The first-order chi connectivity index (χ1) is 11.2. The maximum absolute atomic E-state index is 12.0. The van der Waals surface area contributed by atoms with Gasteiger partial charge in [0.2, 0.25) is 10.0 Å². The molecule has 0 aromatic heterocycles. The van der Waals surface area contributed by atoms with Gasteiger partial charge >= 0.3 is 0 Å². The molecule has 0 radical (unpaired) electrons. The van der Waals surface area contributed by atoms with Crippen LogP contribution >= 0.6 is 0 Å². The van der Waals surface area contributed by atoms with Crippen LogP contribution in [0, 0.1) is 5.41 Å². The van der Waals surface area contributed by atoms with Crippen LogP contribution in [-0.4, -0.2) is 33.5 Å². The monoisotopic (exact) mass is 355 g/mol. The minimum atomic E-state index is -3.29. The SMILES string of the molecule is CC(C)(C)COCCCS(=O)(=O)NCc1cccc(OC2CC2)c1. The Bertz CT molecular complexity index is 618. The first kappa shape index (κ1) is 19.2. The molecule has 0 amide bonds. The van der Waals surface area contributed by atoms with E-state index in [1.54, 1.807) is 0 Å². The van der Waals surface area contributed by atoms with E-state index in [1.165, 1.54) is 0 Å². The van der Waals surface area contributed by atoms with E-state index < -0.39 is 10.0 Å². The first-order valence-corrected chi connectivity index (χ1v) is 10.2. The quantitative estimate of drug-likeness (QED) is 0.655. The highest BCUT2D eigenvalue weighted by molar-refractivity contribution is 7.89. The molecule has 24 heavy (non-hydrogen) atoms. The van der Waals surface area contributed by atoms with E-state index in [9.17, 15) is 8.42 Å². The molecule has 0 heterocycles. The van der Waals surface area contributed by atoms with Gasteiger partial charge in [0.05, 0.1) is 18.5 Å². The second kappa shape index (κ2) is 8.32. The molecule has 5 nitrogen and oxygen atoms in total. The molecule has 2 rings (SSSR count). The fourth-order valence-corrected chi connectivity index (χ4v) is 3.13. The predicted molar refractivity (Wildman–Crippen MR) is 95.6 cm³/mol. The third-order valence-corrected chi connectivity index (χ3v) is 4.87. The molecule has 0 aliphatic heterocycles. The maximum atomic E-state index is 12.0. The van der Waals surface area contributed by atoms with Crippen LogP contribution in [0.15, 0.2) is 24.3 Å². The number of ether oxygens (including phenoxy) is 2. The van der Waals surface area contributed by atoms with Gasteiger partial charge in [-0.25, -0.2) is 13.1 Å². The third-order valence-electron chi connectivity index (χ3n) is 3.46. The van der Waals surface area contributed by atoms with Crippen molar-refractivity contribution in [2.75, 3.05) is 19.0 Å². The fourth-order valence-electron chi connectivity index (χ4n) is 2.10. The van der Waals surface area contributed by atoms with E-state index in [-0.39, 0.29) is 17.7 Å².